The maximum Gasteiger partial charge on any atom is 0.121 e. The molecule has 3 nitrogen and oxygen atoms in total. The first-order valence-corrected chi connectivity index (χ1v) is 5.64. The molecular formula is C13H19NO2. The Bertz CT molecular complexity index is 386. The molecule has 3 N–H and O–H groups in total. The number of nitrogens with two attached hydrogens (primary N) is 1. The second-order valence-corrected chi connectivity index (χ2v) is 4.73. The Morgan fingerprint density at radius 1 is 1.50 bits per heavy atom. The highest BCUT2D eigenvalue weighted by molar-refractivity contribution is 5.38. The van der Waals surface area contributed by atoms with Gasteiger partial charge in [-0.15, -0.1) is 0 Å². The molecule has 1 aromatic rings. The van der Waals surface area contributed by atoms with E-state index in [0.717, 1.165) is 29.7 Å². The Labute approximate surface area is 96.2 Å². The average Bonchev–Trinajstić information content (AvgIpc) is 3.09. The van der Waals surface area contributed by atoms with Crippen LogP contribution in [0, 0.1) is 12.3 Å². The fourth-order valence-corrected chi connectivity index (χ4v) is 2.18. The van der Waals surface area contributed by atoms with E-state index in [2.05, 4.69) is 6.07 Å². The van der Waals surface area contributed by atoms with Gasteiger partial charge in [0.15, 0.2) is 0 Å². The maximum atomic E-state index is 9.35. The molecule has 0 saturated heterocycles. The molecule has 16 heavy (non-hydrogen) atoms. The Balaban J connectivity index is 2.24. The molecule has 1 fully saturated rings. The summed E-state index contributed by atoms with van der Waals surface area (Å²) >= 11 is 0. The summed E-state index contributed by atoms with van der Waals surface area (Å²) in [5, 5.41) is 9.35. The molecule has 1 aliphatic carbocycles. The van der Waals surface area contributed by atoms with Crippen molar-refractivity contribution >= 4 is 0 Å². The topological polar surface area (TPSA) is 55.5 Å². The molecule has 0 radical (unpaired) electrons. The first-order chi connectivity index (χ1) is 7.63. The second kappa shape index (κ2) is 4.07. The van der Waals surface area contributed by atoms with Crippen molar-refractivity contribution in [2.24, 2.45) is 11.1 Å². The molecule has 2 rings (SSSR count). The predicted octanol–water partition coefficient (Wildman–Crippen LogP) is 1.78. The van der Waals surface area contributed by atoms with E-state index in [0.29, 0.717) is 0 Å². The van der Waals surface area contributed by atoms with Gasteiger partial charge in [-0.2, -0.15) is 0 Å². The Hall–Kier alpha value is -1.06. The van der Waals surface area contributed by atoms with Gasteiger partial charge in [0.05, 0.1) is 13.7 Å². The van der Waals surface area contributed by atoms with E-state index in [4.69, 9.17) is 10.5 Å². The fourth-order valence-electron chi connectivity index (χ4n) is 2.18. The molecule has 1 unspecified atom stereocenters. The molecule has 1 aliphatic rings. The van der Waals surface area contributed by atoms with Gasteiger partial charge in [0.1, 0.15) is 5.75 Å². The van der Waals surface area contributed by atoms with E-state index in [1.165, 1.54) is 0 Å². The normalized spacial score (nSPS) is 19.2. The molecule has 0 spiro atoms. The highest BCUT2D eigenvalue weighted by Gasteiger charge is 2.47. The minimum atomic E-state index is -0.0684. The van der Waals surface area contributed by atoms with Crippen LogP contribution in [0.25, 0.3) is 0 Å². The van der Waals surface area contributed by atoms with Crippen molar-refractivity contribution in [1.29, 1.82) is 0 Å². The zero-order chi connectivity index (χ0) is 11.8. The molecule has 1 atom stereocenters. The second-order valence-electron chi connectivity index (χ2n) is 4.73. The lowest BCUT2D eigenvalue weighted by molar-refractivity contribution is 0.187. The van der Waals surface area contributed by atoms with Gasteiger partial charge in [-0.25, -0.2) is 0 Å². The van der Waals surface area contributed by atoms with Gasteiger partial charge in [-0.05, 0) is 37.0 Å². The third-order valence-corrected chi connectivity index (χ3v) is 3.64. The summed E-state index contributed by atoms with van der Waals surface area (Å²) in [7, 11) is 1.66. The van der Waals surface area contributed by atoms with Crippen LogP contribution in [-0.4, -0.2) is 18.8 Å². The minimum absolute atomic E-state index is 0.0675. The van der Waals surface area contributed by atoms with Crippen molar-refractivity contribution in [2.75, 3.05) is 13.7 Å². The summed E-state index contributed by atoms with van der Waals surface area (Å²) in [5.41, 5.74) is 8.31. The van der Waals surface area contributed by atoms with Crippen LogP contribution < -0.4 is 10.5 Å². The van der Waals surface area contributed by atoms with Gasteiger partial charge < -0.3 is 15.6 Å². The highest BCUT2D eigenvalue weighted by atomic mass is 16.5. The minimum Gasteiger partial charge on any atom is -0.496 e. The zero-order valence-electron chi connectivity index (χ0n) is 9.86. The maximum absolute atomic E-state index is 9.35. The highest BCUT2D eigenvalue weighted by Crippen LogP contribution is 2.53. The number of benzene rings is 1. The molecule has 0 aliphatic heterocycles. The van der Waals surface area contributed by atoms with Crippen LogP contribution in [0.4, 0.5) is 0 Å². The zero-order valence-corrected chi connectivity index (χ0v) is 9.86. The molecule has 1 saturated carbocycles. The molecule has 1 aromatic carbocycles. The SMILES string of the molecule is COc1ccc(C(N)C2(CO)CC2)cc1C. The molecule has 3 heteroatoms. The van der Waals surface area contributed by atoms with Crippen molar-refractivity contribution in [3.05, 3.63) is 29.3 Å². The first-order valence-electron chi connectivity index (χ1n) is 5.64. The van der Waals surface area contributed by atoms with Crippen LogP contribution in [0.1, 0.15) is 30.0 Å². The Morgan fingerprint density at radius 3 is 2.62 bits per heavy atom. The Kier molecular flexibility index (Phi) is 2.91. The van der Waals surface area contributed by atoms with E-state index < -0.39 is 0 Å². The molecule has 0 heterocycles. The monoisotopic (exact) mass is 221 g/mol. The third-order valence-electron chi connectivity index (χ3n) is 3.64. The number of methoxy groups -OCH3 is 1. The van der Waals surface area contributed by atoms with Crippen molar-refractivity contribution in [3.63, 3.8) is 0 Å². The Morgan fingerprint density at radius 2 is 2.19 bits per heavy atom. The quantitative estimate of drug-likeness (QED) is 0.814. The summed E-state index contributed by atoms with van der Waals surface area (Å²) < 4.78 is 5.22. The lowest BCUT2D eigenvalue weighted by atomic mass is 9.90. The van der Waals surface area contributed by atoms with Gasteiger partial charge >= 0.3 is 0 Å². The molecular weight excluding hydrogens is 202 g/mol. The molecule has 0 amide bonds. The van der Waals surface area contributed by atoms with E-state index >= 15 is 0 Å². The molecule has 0 bridgehead atoms. The lowest BCUT2D eigenvalue weighted by Gasteiger charge is -2.22. The number of aliphatic hydroxyl groups excluding tert-OH is 1. The van der Waals surface area contributed by atoms with Crippen molar-refractivity contribution in [3.8, 4) is 5.75 Å². The van der Waals surface area contributed by atoms with Gasteiger partial charge in [0.2, 0.25) is 0 Å². The number of hydrogen-bond donors (Lipinski definition) is 2. The van der Waals surface area contributed by atoms with Crippen LogP contribution in [-0.2, 0) is 0 Å². The summed E-state index contributed by atoms with van der Waals surface area (Å²) in [4.78, 5) is 0. The van der Waals surface area contributed by atoms with Gasteiger partial charge in [0.25, 0.3) is 0 Å². The van der Waals surface area contributed by atoms with Crippen molar-refractivity contribution in [1.82, 2.24) is 0 Å². The van der Waals surface area contributed by atoms with Crippen molar-refractivity contribution in [2.45, 2.75) is 25.8 Å². The smallest absolute Gasteiger partial charge is 0.121 e. The third kappa shape index (κ3) is 1.81. The number of aliphatic hydroxyl groups is 1. The summed E-state index contributed by atoms with van der Waals surface area (Å²) in [6.45, 7) is 2.19. The van der Waals surface area contributed by atoms with E-state index in [9.17, 15) is 5.11 Å². The van der Waals surface area contributed by atoms with Crippen LogP contribution >= 0.6 is 0 Å². The summed E-state index contributed by atoms with van der Waals surface area (Å²) in [5.74, 6) is 0.879. The fraction of sp³-hybridized carbons (Fsp3) is 0.538. The number of hydrogen-bond acceptors (Lipinski definition) is 3. The van der Waals surface area contributed by atoms with Gasteiger partial charge in [-0.3, -0.25) is 0 Å². The van der Waals surface area contributed by atoms with Gasteiger partial charge in [-0.1, -0.05) is 12.1 Å². The van der Waals surface area contributed by atoms with Crippen LogP contribution in [0.15, 0.2) is 18.2 Å². The molecule has 88 valence electrons. The first kappa shape index (κ1) is 11.4. The van der Waals surface area contributed by atoms with Crippen molar-refractivity contribution < 1.29 is 9.84 Å². The van der Waals surface area contributed by atoms with Gasteiger partial charge in [0, 0.05) is 11.5 Å². The number of ether oxygens (including phenoxy) is 1. The standard InChI is InChI=1S/C13H19NO2/c1-9-7-10(3-4-11(9)16-2)12(14)13(8-15)5-6-13/h3-4,7,12,15H,5-6,8,14H2,1-2H3. The lowest BCUT2D eigenvalue weighted by Crippen LogP contribution is -2.25. The van der Waals surface area contributed by atoms with E-state index in [1.807, 2.05) is 19.1 Å². The van der Waals surface area contributed by atoms with E-state index in [1.54, 1.807) is 7.11 Å². The number of aryl methyl sites for hydroxylation is 1. The molecule has 0 aromatic heterocycles. The predicted molar refractivity (Wildman–Crippen MR) is 63.4 cm³/mol. The number of rotatable bonds is 4. The van der Waals surface area contributed by atoms with E-state index in [-0.39, 0.29) is 18.1 Å². The van der Waals surface area contributed by atoms with Crippen LogP contribution in [0.2, 0.25) is 0 Å². The van der Waals surface area contributed by atoms with Crippen LogP contribution in [0.3, 0.4) is 0 Å². The van der Waals surface area contributed by atoms with Crippen LogP contribution in [0.5, 0.6) is 5.75 Å². The largest absolute Gasteiger partial charge is 0.496 e. The average molecular weight is 221 g/mol. The summed E-state index contributed by atoms with van der Waals surface area (Å²) in [6, 6.07) is 5.92. The summed E-state index contributed by atoms with van der Waals surface area (Å²) in [6.07, 6.45) is 2.05.